The summed E-state index contributed by atoms with van der Waals surface area (Å²) in [6.07, 6.45) is 0.751. The van der Waals surface area contributed by atoms with E-state index in [1.54, 1.807) is 13.8 Å². The van der Waals surface area contributed by atoms with Crippen LogP contribution in [0.3, 0.4) is 0 Å². The van der Waals surface area contributed by atoms with Crippen molar-refractivity contribution >= 4 is 17.5 Å². The molecule has 0 radical (unpaired) electrons. The zero-order valence-electron chi connectivity index (χ0n) is 12.1. The topological polar surface area (TPSA) is 123 Å². The molecule has 0 saturated heterocycles. The van der Waals surface area contributed by atoms with Crippen LogP contribution in [0.1, 0.15) is 25.4 Å². The Morgan fingerprint density at radius 2 is 1.91 bits per heavy atom. The highest BCUT2D eigenvalue weighted by Gasteiger charge is 2.24. The van der Waals surface area contributed by atoms with Crippen LogP contribution in [0.4, 0.5) is 0 Å². The number of esters is 2. The highest BCUT2D eigenvalue weighted by Crippen LogP contribution is 2.24. The van der Waals surface area contributed by atoms with Crippen LogP contribution in [0, 0.1) is 0 Å². The molecule has 22 heavy (non-hydrogen) atoms. The first-order valence-corrected chi connectivity index (χ1v) is 6.47. The lowest BCUT2D eigenvalue weighted by atomic mass is 10.1. The molecule has 0 spiro atoms. The van der Waals surface area contributed by atoms with Crippen molar-refractivity contribution < 1.29 is 33.7 Å². The van der Waals surface area contributed by atoms with E-state index in [0.717, 1.165) is 12.1 Å². The molecule has 1 aromatic rings. The van der Waals surface area contributed by atoms with Crippen LogP contribution >= 0.6 is 0 Å². The van der Waals surface area contributed by atoms with E-state index in [9.17, 15) is 19.5 Å². The first kappa shape index (κ1) is 17.4. The summed E-state index contributed by atoms with van der Waals surface area (Å²) in [5.41, 5.74) is -1.35. The molecular weight excluding hydrogens is 296 g/mol. The van der Waals surface area contributed by atoms with Crippen LogP contribution in [0.5, 0.6) is 5.75 Å². The molecule has 1 rings (SSSR count). The molecule has 0 unspecified atom stereocenters. The van der Waals surface area contributed by atoms with Crippen molar-refractivity contribution in [1.82, 2.24) is 0 Å². The highest BCUT2D eigenvalue weighted by atomic mass is 16.5. The summed E-state index contributed by atoms with van der Waals surface area (Å²) in [5, 5.41) is 18.8. The minimum Gasteiger partial charge on any atom is -0.502 e. The summed E-state index contributed by atoms with van der Waals surface area (Å²) in [7, 11) is 0. The molecule has 0 aliphatic heterocycles. The van der Waals surface area contributed by atoms with E-state index in [1.807, 2.05) is 0 Å². The number of carbonyl (C=O) groups is 2. The Morgan fingerprint density at radius 3 is 2.45 bits per heavy atom. The number of aliphatic hydroxyl groups is 1. The van der Waals surface area contributed by atoms with E-state index >= 15 is 0 Å². The molecule has 2 N–H and O–H groups in total. The molecule has 0 aliphatic rings. The van der Waals surface area contributed by atoms with Gasteiger partial charge in [-0.05, 0) is 13.8 Å². The lowest BCUT2D eigenvalue weighted by molar-refractivity contribution is -0.139. The number of carbonyl (C=O) groups excluding carboxylic acids is 2. The molecule has 0 bridgehead atoms. The Morgan fingerprint density at radius 1 is 1.27 bits per heavy atom. The third-order valence-electron chi connectivity index (χ3n) is 2.42. The van der Waals surface area contributed by atoms with Gasteiger partial charge in [0.05, 0.1) is 13.2 Å². The second-order valence-corrected chi connectivity index (χ2v) is 3.94. The minimum atomic E-state index is -0.982. The first-order chi connectivity index (χ1) is 10.4. The van der Waals surface area contributed by atoms with Crippen LogP contribution in [0.2, 0.25) is 0 Å². The van der Waals surface area contributed by atoms with Crippen LogP contribution in [0.15, 0.2) is 21.4 Å². The zero-order valence-corrected chi connectivity index (χ0v) is 12.1. The SMILES string of the molecule is CCOC(=O)/C=C(/C(=O)OCC)c1oc(CO)cc(=O)c1O. The van der Waals surface area contributed by atoms with Crippen molar-refractivity contribution in [3.8, 4) is 5.75 Å². The summed E-state index contributed by atoms with van der Waals surface area (Å²) < 4.78 is 14.5. The van der Waals surface area contributed by atoms with E-state index in [2.05, 4.69) is 4.74 Å². The lowest BCUT2D eigenvalue weighted by Crippen LogP contribution is -2.13. The fraction of sp³-hybridized carbons (Fsp3) is 0.357. The van der Waals surface area contributed by atoms with Gasteiger partial charge in [-0.2, -0.15) is 0 Å². The van der Waals surface area contributed by atoms with Gasteiger partial charge in [0.1, 0.15) is 17.9 Å². The molecule has 1 heterocycles. The number of rotatable bonds is 6. The summed E-state index contributed by atoms with van der Waals surface area (Å²) in [4.78, 5) is 35.0. The zero-order chi connectivity index (χ0) is 16.7. The molecule has 1 aromatic heterocycles. The largest absolute Gasteiger partial charge is 0.502 e. The van der Waals surface area contributed by atoms with Gasteiger partial charge in [-0.1, -0.05) is 0 Å². The number of aliphatic hydroxyl groups excluding tert-OH is 1. The van der Waals surface area contributed by atoms with Gasteiger partial charge in [0.15, 0.2) is 5.76 Å². The molecule has 0 fully saturated rings. The Kier molecular flexibility index (Phi) is 6.33. The molecule has 0 amide bonds. The Bertz CT molecular complexity index is 641. The quantitative estimate of drug-likeness (QED) is 0.569. The minimum absolute atomic E-state index is 0.00365. The van der Waals surface area contributed by atoms with Crippen molar-refractivity contribution in [2.45, 2.75) is 20.5 Å². The summed E-state index contributed by atoms with van der Waals surface area (Å²) in [5.74, 6) is -3.48. The second-order valence-electron chi connectivity index (χ2n) is 3.94. The standard InChI is InChI=1S/C14H16O8/c1-3-20-11(17)6-9(14(19)21-4-2)13-12(18)10(16)5-8(7-15)22-13/h5-6,15,18H,3-4,7H2,1-2H3/b9-6+. The van der Waals surface area contributed by atoms with Gasteiger partial charge in [-0.25, -0.2) is 9.59 Å². The van der Waals surface area contributed by atoms with Crippen LogP contribution < -0.4 is 5.43 Å². The average molecular weight is 312 g/mol. The number of hydrogen-bond acceptors (Lipinski definition) is 8. The Hall–Kier alpha value is -2.61. The fourth-order valence-corrected chi connectivity index (χ4v) is 1.52. The van der Waals surface area contributed by atoms with Gasteiger partial charge in [0, 0.05) is 12.1 Å². The predicted octanol–water partition coefficient (Wildman–Crippen LogP) is 0.347. The van der Waals surface area contributed by atoms with E-state index in [-0.39, 0.29) is 19.0 Å². The maximum absolute atomic E-state index is 11.9. The molecular formula is C14H16O8. The summed E-state index contributed by atoms with van der Waals surface area (Å²) in [6.45, 7) is 2.56. The van der Waals surface area contributed by atoms with Gasteiger partial charge in [-0.3, -0.25) is 4.79 Å². The summed E-state index contributed by atoms with van der Waals surface area (Å²) in [6, 6.07) is 0.867. The van der Waals surface area contributed by atoms with Crippen molar-refractivity contribution in [1.29, 1.82) is 0 Å². The van der Waals surface area contributed by atoms with E-state index in [1.165, 1.54) is 0 Å². The lowest BCUT2D eigenvalue weighted by Gasteiger charge is -2.09. The van der Waals surface area contributed by atoms with E-state index < -0.39 is 41.1 Å². The van der Waals surface area contributed by atoms with Crippen molar-refractivity contribution in [3.63, 3.8) is 0 Å². The fourth-order valence-electron chi connectivity index (χ4n) is 1.52. The predicted molar refractivity (Wildman–Crippen MR) is 73.8 cm³/mol. The Labute approximate surface area is 125 Å². The Balaban J connectivity index is 3.45. The number of ether oxygens (including phenoxy) is 2. The molecule has 8 nitrogen and oxygen atoms in total. The van der Waals surface area contributed by atoms with Crippen LogP contribution in [-0.4, -0.2) is 35.4 Å². The summed E-state index contributed by atoms with van der Waals surface area (Å²) >= 11 is 0. The molecule has 120 valence electrons. The maximum atomic E-state index is 11.9. The van der Waals surface area contributed by atoms with E-state index in [4.69, 9.17) is 14.3 Å². The third kappa shape index (κ3) is 4.19. The maximum Gasteiger partial charge on any atom is 0.342 e. The van der Waals surface area contributed by atoms with Gasteiger partial charge in [0.2, 0.25) is 11.2 Å². The van der Waals surface area contributed by atoms with E-state index in [0.29, 0.717) is 0 Å². The number of aromatic hydroxyl groups is 1. The monoisotopic (exact) mass is 312 g/mol. The van der Waals surface area contributed by atoms with Crippen LogP contribution in [-0.2, 0) is 25.7 Å². The molecule has 0 saturated carbocycles. The van der Waals surface area contributed by atoms with Crippen molar-refractivity contribution in [2.75, 3.05) is 13.2 Å². The van der Waals surface area contributed by atoms with Gasteiger partial charge in [0.25, 0.3) is 0 Å². The van der Waals surface area contributed by atoms with Crippen LogP contribution in [0.25, 0.3) is 5.57 Å². The highest BCUT2D eigenvalue weighted by molar-refractivity contribution is 6.20. The smallest absolute Gasteiger partial charge is 0.342 e. The van der Waals surface area contributed by atoms with Crippen molar-refractivity contribution in [3.05, 3.63) is 33.9 Å². The third-order valence-corrected chi connectivity index (χ3v) is 2.42. The molecule has 8 heteroatoms. The molecule has 0 aromatic carbocycles. The number of hydrogen-bond donors (Lipinski definition) is 2. The molecule has 0 aliphatic carbocycles. The van der Waals surface area contributed by atoms with Gasteiger partial charge >= 0.3 is 11.9 Å². The van der Waals surface area contributed by atoms with Crippen molar-refractivity contribution in [2.24, 2.45) is 0 Å². The van der Waals surface area contributed by atoms with Gasteiger partial charge in [-0.15, -0.1) is 0 Å². The average Bonchev–Trinajstić information content (AvgIpc) is 2.48. The first-order valence-electron chi connectivity index (χ1n) is 6.47. The second kappa shape index (κ2) is 7.99. The molecule has 0 atom stereocenters. The van der Waals surface area contributed by atoms with Gasteiger partial charge < -0.3 is 24.1 Å². The normalized spacial score (nSPS) is 11.1.